The van der Waals surface area contributed by atoms with Crippen LogP contribution in [0.5, 0.6) is 0 Å². The van der Waals surface area contributed by atoms with E-state index in [0.29, 0.717) is 20.6 Å². The molecule has 0 aliphatic heterocycles. The molecule has 0 saturated carbocycles. The Morgan fingerprint density at radius 2 is 1.93 bits per heavy atom. The number of methoxy groups -OCH3 is 1. The minimum atomic E-state index is -0.477. The van der Waals surface area contributed by atoms with E-state index in [4.69, 9.17) is 4.74 Å². The first-order valence-corrected chi connectivity index (χ1v) is 9.62. The third kappa shape index (κ3) is 4.40. The minimum Gasteiger partial charge on any atom is -0.469 e. The molecule has 0 fully saturated rings. The van der Waals surface area contributed by atoms with Crippen molar-refractivity contribution in [3.05, 3.63) is 68.0 Å². The highest BCUT2D eigenvalue weighted by atomic mass is 32.1. The zero-order valence-corrected chi connectivity index (χ0v) is 17.0. The summed E-state index contributed by atoms with van der Waals surface area (Å²) in [5, 5.41) is 11.1. The molecule has 0 saturated heterocycles. The first-order valence-electron chi connectivity index (χ1n) is 8.81. The van der Waals surface area contributed by atoms with Crippen LogP contribution in [0.25, 0.3) is 10.2 Å². The quantitative estimate of drug-likeness (QED) is 0.362. The molecule has 0 N–H and O–H groups in total. The lowest BCUT2D eigenvalue weighted by Gasteiger charge is -2.05. The van der Waals surface area contributed by atoms with Gasteiger partial charge in [0.15, 0.2) is 4.80 Å². The fraction of sp³-hybridized carbons (Fsp3) is 0.250. The number of ether oxygens (including phenoxy) is 1. The lowest BCUT2D eigenvalue weighted by atomic mass is 10.1. The Morgan fingerprint density at radius 3 is 2.59 bits per heavy atom. The van der Waals surface area contributed by atoms with Gasteiger partial charge in [0.05, 0.1) is 28.7 Å². The lowest BCUT2D eigenvalue weighted by molar-refractivity contribution is -0.384. The molecule has 1 aromatic heterocycles. The van der Waals surface area contributed by atoms with Gasteiger partial charge in [0.2, 0.25) is 0 Å². The highest BCUT2D eigenvalue weighted by Crippen LogP contribution is 2.23. The van der Waals surface area contributed by atoms with Gasteiger partial charge in [0.25, 0.3) is 11.6 Å². The number of carbonyl (C=O) groups excluding carboxylic acids is 2. The predicted octanol–water partition coefficient (Wildman–Crippen LogP) is 3.53. The van der Waals surface area contributed by atoms with Crippen molar-refractivity contribution in [3.63, 3.8) is 0 Å². The van der Waals surface area contributed by atoms with Gasteiger partial charge in [-0.25, -0.2) is 0 Å². The molecular weight excluding hydrogens is 394 g/mol. The van der Waals surface area contributed by atoms with E-state index in [1.165, 1.54) is 19.2 Å². The second-order valence-electron chi connectivity index (χ2n) is 6.49. The van der Waals surface area contributed by atoms with Crippen LogP contribution in [0.1, 0.15) is 27.9 Å². The Hall–Kier alpha value is -3.33. The third-order valence-electron chi connectivity index (χ3n) is 4.60. The number of hydrogen-bond acceptors (Lipinski definition) is 6. The molecule has 0 bridgehead atoms. The monoisotopic (exact) mass is 413 g/mol. The fourth-order valence-corrected chi connectivity index (χ4v) is 3.90. The van der Waals surface area contributed by atoms with Crippen LogP contribution in [0.3, 0.4) is 0 Å². The predicted molar refractivity (Wildman–Crippen MR) is 109 cm³/mol. The molecule has 29 heavy (non-hydrogen) atoms. The molecule has 0 radical (unpaired) electrons. The summed E-state index contributed by atoms with van der Waals surface area (Å²) in [7, 11) is 1.30. The molecule has 1 heterocycles. The van der Waals surface area contributed by atoms with Crippen LogP contribution in [0.2, 0.25) is 0 Å². The van der Waals surface area contributed by atoms with E-state index in [-0.39, 0.29) is 18.7 Å². The van der Waals surface area contributed by atoms with Gasteiger partial charge >= 0.3 is 5.97 Å². The molecule has 0 atom stereocenters. The number of thiazole rings is 1. The Labute approximate surface area is 170 Å². The summed E-state index contributed by atoms with van der Waals surface area (Å²) in [5.74, 6) is -0.814. The summed E-state index contributed by atoms with van der Waals surface area (Å²) in [6.45, 7) is 4.12. The number of esters is 1. The number of nitrogens with zero attached hydrogens (tertiary/aromatic N) is 3. The van der Waals surface area contributed by atoms with Crippen LogP contribution in [-0.2, 0) is 16.1 Å². The summed E-state index contributed by atoms with van der Waals surface area (Å²) in [6, 6.07) is 9.77. The number of nitro benzene ring substituents is 1. The molecule has 3 rings (SSSR count). The maximum absolute atomic E-state index is 12.7. The number of amides is 1. The average Bonchev–Trinajstić information content (AvgIpc) is 3.04. The van der Waals surface area contributed by atoms with Crippen molar-refractivity contribution in [1.29, 1.82) is 0 Å². The zero-order chi connectivity index (χ0) is 21.1. The molecule has 2 aromatic carbocycles. The van der Waals surface area contributed by atoms with E-state index in [9.17, 15) is 19.7 Å². The van der Waals surface area contributed by atoms with E-state index in [1.807, 2.05) is 19.9 Å². The van der Waals surface area contributed by atoms with E-state index in [1.54, 1.807) is 22.8 Å². The molecule has 150 valence electrons. The molecule has 1 amide bonds. The molecule has 8 nitrogen and oxygen atoms in total. The summed E-state index contributed by atoms with van der Waals surface area (Å²) < 4.78 is 7.01. The van der Waals surface area contributed by atoms with Gasteiger partial charge in [-0.05, 0) is 43.2 Å². The number of hydrogen-bond donors (Lipinski definition) is 0. The molecular formula is C20H19N3O5S. The van der Waals surface area contributed by atoms with Crippen LogP contribution in [0, 0.1) is 24.0 Å². The number of carbonyl (C=O) groups is 2. The van der Waals surface area contributed by atoms with Crippen molar-refractivity contribution in [3.8, 4) is 0 Å². The Kier molecular flexibility index (Phi) is 5.88. The fourth-order valence-electron chi connectivity index (χ4n) is 2.81. The van der Waals surface area contributed by atoms with Crippen LogP contribution in [-0.4, -0.2) is 28.5 Å². The zero-order valence-electron chi connectivity index (χ0n) is 16.2. The van der Waals surface area contributed by atoms with Crippen molar-refractivity contribution < 1.29 is 19.2 Å². The van der Waals surface area contributed by atoms with Crippen LogP contribution < -0.4 is 4.80 Å². The van der Waals surface area contributed by atoms with Gasteiger partial charge < -0.3 is 9.30 Å². The summed E-state index contributed by atoms with van der Waals surface area (Å²) >= 11 is 1.16. The van der Waals surface area contributed by atoms with Crippen LogP contribution in [0.4, 0.5) is 5.69 Å². The molecule has 3 aromatic rings. The Bertz CT molecular complexity index is 1190. The maximum Gasteiger partial charge on any atom is 0.307 e. The van der Waals surface area contributed by atoms with Gasteiger partial charge in [-0.2, -0.15) is 4.99 Å². The summed E-state index contributed by atoms with van der Waals surface area (Å²) in [5.41, 5.74) is 3.12. The van der Waals surface area contributed by atoms with Gasteiger partial charge in [0, 0.05) is 24.2 Å². The smallest absolute Gasteiger partial charge is 0.307 e. The largest absolute Gasteiger partial charge is 0.469 e. The van der Waals surface area contributed by atoms with E-state index in [2.05, 4.69) is 4.99 Å². The second-order valence-corrected chi connectivity index (χ2v) is 7.50. The van der Waals surface area contributed by atoms with Crippen molar-refractivity contribution in [2.75, 3.05) is 7.11 Å². The summed E-state index contributed by atoms with van der Waals surface area (Å²) in [6.07, 6.45) is 0.0876. The normalized spacial score (nSPS) is 11.6. The van der Waals surface area contributed by atoms with Crippen LogP contribution >= 0.6 is 11.3 Å². The van der Waals surface area contributed by atoms with Gasteiger partial charge in [-0.15, -0.1) is 0 Å². The number of benzene rings is 2. The number of aromatic nitrogens is 1. The van der Waals surface area contributed by atoms with Gasteiger partial charge in [-0.1, -0.05) is 17.4 Å². The number of non-ortho nitro benzene ring substituents is 1. The standard InChI is InChI=1S/C20H19N3O5S/c1-12-4-5-14(10-13(12)2)19(25)21-20-22(9-8-18(24)28-3)16-7-6-15(23(26)27)11-17(16)29-20/h4-7,10-11H,8-9H2,1-3H3. The van der Waals surface area contributed by atoms with Crippen LogP contribution in [0.15, 0.2) is 41.4 Å². The molecule has 0 spiro atoms. The van der Waals surface area contributed by atoms with Gasteiger partial charge in [-0.3, -0.25) is 19.7 Å². The summed E-state index contributed by atoms with van der Waals surface area (Å²) in [4.78, 5) is 39.5. The number of nitro groups is 1. The first-order chi connectivity index (χ1) is 13.8. The van der Waals surface area contributed by atoms with Gasteiger partial charge in [0.1, 0.15) is 0 Å². The molecule has 9 heteroatoms. The van der Waals surface area contributed by atoms with E-state index < -0.39 is 16.8 Å². The number of aryl methyl sites for hydroxylation is 3. The lowest BCUT2D eigenvalue weighted by Crippen LogP contribution is -2.19. The van der Waals surface area contributed by atoms with E-state index in [0.717, 1.165) is 22.5 Å². The average molecular weight is 413 g/mol. The molecule has 0 aliphatic carbocycles. The Morgan fingerprint density at radius 1 is 1.17 bits per heavy atom. The van der Waals surface area contributed by atoms with E-state index >= 15 is 0 Å². The SMILES string of the molecule is COC(=O)CCn1c(=NC(=O)c2ccc(C)c(C)c2)sc2cc([N+](=O)[O-])ccc21. The molecule has 0 unspecified atom stereocenters. The highest BCUT2D eigenvalue weighted by Gasteiger charge is 2.14. The number of rotatable bonds is 5. The second kappa shape index (κ2) is 8.36. The maximum atomic E-state index is 12.7. The van der Waals surface area contributed by atoms with Crippen molar-refractivity contribution in [1.82, 2.24) is 4.57 Å². The number of fused-ring (bicyclic) bond motifs is 1. The minimum absolute atomic E-state index is 0.0501. The topological polar surface area (TPSA) is 104 Å². The first kappa shape index (κ1) is 20.4. The van der Waals surface area contributed by atoms with Crippen molar-refractivity contribution in [2.24, 2.45) is 4.99 Å². The third-order valence-corrected chi connectivity index (χ3v) is 5.64. The highest BCUT2D eigenvalue weighted by molar-refractivity contribution is 7.16. The Balaban J connectivity index is 2.11. The molecule has 0 aliphatic rings. The van der Waals surface area contributed by atoms with Crippen molar-refractivity contribution in [2.45, 2.75) is 26.8 Å². The van der Waals surface area contributed by atoms with Crippen molar-refractivity contribution >= 4 is 39.1 Å².